The van der Waals surface area contributed by atoms with Gasteiger partial charge in [0.1, 0.15) is 5.75 Å². The molecule has 1 aromatic heterocycles. The van der Waals surface area contributed by atoms with E-state index in [2.05, 4.69) is 31.0 Å². The Morgan fingerprint density at radius 1 is 1.35 bits per heavy atom. The number of nitrogens with one attached hydrogen (secondary N) is 1. The zero-order valence-corrected chi connectivity index (χ0v) is 13.5. The summed E-state index contributed by atoms with van der Waals surface area (Å²) in [5, 5.41) is 2.66. The van der Waals surface area contributed by atoms with Crippen LogP contribution in [0.1, 0.15) is 11.3 Å². The van der Waals surface area contributed by atoms with Gasteiger partial charge in [0.2, 0.25) is 5.91 Å². The number of pyridine rings is 1. The summed E-state index contributed by atoms with van der Waals surface area (Å²) in [5.74, 6) is -0.365. The predicted octanol–water partition coefficient (Wildman–Crippen LogP) is 3.78. The average Bonchev–Trinajstić information content (AvgIpc) is 2.53. The number of carbonyl (C=O) groups excluding carboxylic acids is 1. The van der Waals surface area contributed by atoms with E-state index in [4.69, 9.17) is 0 Å². The Morgan fingerprint density at radius 2 is 2.17 bits per heavy atom. The Kier molecular flexibility index (Phi) is 6.22. The van der Waals surface area contributed by atoms with Gasteiger partial charge in [0, 0.05) is 22.3 Å². The third kappa shape index (κ3) is 5.78. The zero-order valence-electron chi connectivity index (χ0n) is 11.9. The maximum absolute atomic E-state index is 12.4. The number of hydrogen-bond acceptors (Lipinski definition) is 3. The second-order valence-electron chi connectivity index (χ2n) is 4.43. The SMILES string of the molecule is O=C(/C=C/c1cc(Br)ccc1OC(F)F)NCc1ccccn1. The van der Waals surface area contributed by atoms with Gasteiger partial charge in [-0.1, -0.05) is 22.0 Å². The van der Waals surface area contributed by atoms with E-state index >= 15 is 0 Å². The molecule has 0 fully saturated rings. The van der Waals surface area contributed by atoms with Crippen molar-refractivity contribution in [2.75, 3.05) is 0 Å². The topological polar surface area (TPSA) is 51.2 Å². The van der Waals surface area contributed by atoms with Crippen molar-refractivity contribution in [3.05, 3.63) is 64.4 Å². The number of alkyl halides is 2. The van der Waals surface area contributed by atoms with E-state index < -0.39 is 6.61 Å². The van der Waals surface area contributed by atoms with E-state index in [1.807, 2.05) is 6.07 Å². The van der Waals surface area contributed by atoms with E-state index in [-0.39, 0.29) is 18.2 Å². The summed E-state index contributed by atoms with van der Waals surface area (Å²) in [5.41, 5.74) is 1.09. The second kappa shape index (κ2) is 8.38. The molecular formula is C16H13BrF2N2O2. The number of carbonyl (C=O) groups is 1. The van der Waals surface area contributed by atoms with Gasteiger partial charge in [-0.3, -0.25) is 9.78 Å². The van der Waals surface area contributed by atoms with Gasteiger partial charge in [-0.15, -0.1) is 0 Å². The molecule has 1 aromatic carbocycles. The molecule has 2 aromatic rings. The van der Waals surface area contributed by atoms with Gasteiger partial charge in [0.15, 0.2) is 0 Å². The molecule has 120 valence electrons. The predicted molar refractivity (Wildman–Crippen MR) is 85.9 cm³/mol. The number of amides is 1. The van der Waals surface area contributed by atoms with Crippen molar-refractivity contribution < 1.29 is 18.3 Å². The fraction of sp³-hybridized carbons (Fsp3) is 0.125. The Labute approximate surface area is 140 Å². The van der Waals surface area contributed by atoms with Crippen LogP contribution in [0.25, 0.3) is 6.08 Å². The highest BCUT2D eigenvalue weighted by molar-refractivity contribution is 9.10. The Morgan fingerprint density at radius 3 is 2.87 bits per heavy atom. The molecule has 7 heteroatoms. The van der Waals surface area contributed by atoms with E-state index in [9.17, 15) is 13.6 Å². The molecule has 2 rings (SSSR count). The lowest BCUT2D eigenvalue weighted by molar-refractivity contribution is -0.116. The summed E-state index contributed by atoms with van der Waals surface area (Å²) in [7, 11) is 0. The van der Waals surface area contributed by atoms with Crippen LogP contribution in [0.5, 0.6) is 5.75 Å². The third-order valence-corrected chi connectivity index (χ3v) is 3.27. The van der Waals surface area contributed by atoms with Crippen LogP contribution in [0, 0.1) is 0 Å². The average molecular weight is 383 g/mol. The summed E-state index contributed by atoms with van der Waals surface area (Å²) in [6.45, 7) is -2.65. The number of halogens is 3. The van der Waals surface area contributed by atoms with Crippen LogP contribution in [0.2, 0.25) is 0 Å². The third-order valence-electron chi connectivity index (χ3n) is 2.77. The Bertz CT molecular complexity index is 694. The van der Waals surface area contributed by atoms with Crippen LogP contribution in [-0.4, -0.2) is 17.5 Å². The highest BCUT2D eigenvalue weighted by Gasteiger charge is 2.08. The molecule has 4 nitrogen and oxygen atoms in total. The summed E-state index contributed by atoms with van der Waals surface area (Å²) in [6, 6.07) is 9.95. The lowest BCUT2D eigenvalue weighted by Crippen LogP contribution is -2.20. The van der Waals surface area contributed by atoms with Crippen LogP contribution in [-0.2, 0) is 11.3 Å². The number of benzene rings is 1. The molecule has 1 amide bonds. The molecule has 0 atom stereocenters. The van der Waals surface area contributed by atoms with Crippen LogP contribution in [0.3, 0.4) is 0 Å². The number of aromatic nitrogens is 1. The van der Waals surface area contributed by atoms with Gasteiger partial charge in [-0.25, -0.2) is 0 Å². The summed E-state index contributed by atoms with van der Waals surface area (Å²) in [4.78, 5) is 15.9. The minimum atomic E-state index is -2.93. The molecule has 23 heavy (non-hydrogen) atoms. The molecule has 0 aliphatic carbocycles. The fourth-order valence-electron chi connectivity index (χ4n) is 1.76. The number of ether oxygens (including phenoxy) is 1. The number of hydrogen-bond donors (Lipinski definition) is 1. The van der Waals surface area contributed by atoms with Gasteiger partial charge < -0.3 is 10.1 Å². The van der Waals surface area contributed by atoms with Gasteiger partial charge >= 0.3 is 6.61 Å². The Hall–Kier alpha value is -2.28. The first kappa shape index (κ1) is 17.1. The normalized spacial score (nSPS) is 11.0. The van der Waals surface area contributed by atoms with Gasteiger partial charge in [-0.2, -0.15) is 8.78 Å². The first-order chi connectivity index (χ1) is 11.0. The fourth-order valence-corrected chi connectivity index (χ4v) is 2.14. The summed E-state index contributed by atoms with van der Waals surface area (Å²) >= 11 is 3.25. The van der Waals surface area contributed by atoms with E-state index in [1.54, 1.807) is 30.5 Å². The molecule has 1 N–H and O–H groups in total. The van der Waals surface area contributed by atoms with Gasteiger partial charge in [0.25, 0.3) is 0 Å². The van der Waals surface area contributed by atoms with E-state index in [0.717, 1.165) is 5.69 Å². The summed E-state index contributed by atoms with van der Waals surface area (Å²) in [6.07, 6.45) is 4.30. The minimum absolute atomic E-state index is 0.00280. The van der Waals surface area contributed by atoms with Crippen molar-refractivity contribution in [1.82, 2.24) is 10.3 Å². The lowest BCUT2D eigenvalue weighted by Gasteiger charge is -2.08. The van der Waals surface area contributed by atoms with Gasteiger partial charge in [0.05, 0.1) is 12.2 Å². The first-order valence-corrected chi connectivity index (χ1v) is 7.44. The highest BCUT2D eigenvalue weighted by Crippen LogP contribution is 2.25. The molecule has 0 saturated heterocycles. The smallest absolute Gasteiger partial charge is 0.387 e. The quantitative estimate of drug-likeness (QED) is 0.773. The van der Waals surface area contributed by atoms with Crippen molar-refractivity contribution in [2.45, 2.75) is 13.2 Å². The molecule has 0 aliphatic heterocycles. The van der Waals surface area contributed by atoms with Crippen molar-refractivity contribution in [2.24, 2.45) is 0 Å². The molecule has 0 bridgehead atoms. The molecule has 1 heterocycles. The van der Waals surface area contributed by atoms with Crippen LogP contribution >= 0.6 is 15.9 Å². The maximum Gasteiger partial charge on any atom is 0.387 e. The molecule has 0 saturated carbocycles. The largest absolute Gasteiger partial charge is 0.434 e. The maximum atomic E-state index is 12.4. The Balaban J connectivity index is 2.01. The van der Waals surface area contributed by atoms with Crippen molar-refractivity contribution in [3.63, 3.8) is 0 Å². The molecular weight excluding hydrogens is 370 g/mol. The zero-order chi connectivity index (χ0) is 16.7. The molecule has 0 aliphatic rings. The van der Waals surface area contributed by atoms with Crippen molar-refractivity contribution in [3.8, 4) is 5.75 Å². The van der Waals surface area contributed by atoms with Crippen LogP contribution in [0.4, 0.5) is 8.78 Å². The number of nitrogens with zero attached hydrogens (tertiary/aromatic N) is 1. The molecule has 0 unspecified atom stereocenters. The lowest BCUT2D eigenvalue weighted by atomic mass is 10.2. The highest BCUT2D eigenvalue weighted by atomic mass is 79.9. The standard InChI is InChI=1S/C16H13BrF2N2O2/c17-12-5-6-14(23-16(18)19)11(9-12)4-7-15(22)21-10-13-3-1-2-8-20-13/h1-9,16H,10H2,(H,21,22)/b7-4+. The van der Waals surface area contributed by atoms with Gasteiger partial charge in [-0.05, 0) is 36.4 Å². The van der Waals surface area contributed by atoms with Crippen molar-refractivity contribution in [1.29, 1.82) is 0 Å². The number of rotatable bonds is 6. The van der Waals surface area contributed by atoms with Crippen LogP contribution in [0.15, 0.2) is 53.1 Å². The van der Waals surface area contributed by atoms with E-state index in [0.29, 0.717) is 10.0 Å². The summed E-state index contributed by atoms with van der Waals surface area (Å²) < 4.78 is 29.8. The van der Waals surface area contributed by atoms with E-state index in [1.165, 1.54) is 18.2 Å². The second-order valence-corrected chi connectivity index (χ2v) is 5.35. The monoisotopic (exact) mass is 382 g/mol. The van der Waals surface area contributed by atoms with Crippen LogP contribution < -0.4 is 10.1 Å². The minimum Gasteiger partial charge on any atom is -0.434 e. The van der Waals surface area contributed by atoms with Crippen molar-refractivity contribution >= 4 is 27.9 Å². The molecule has 0 spiro atoms. The molecule has 0 radical (unpaired) electrons. The first-order valence-electron chi connectivity index (χ1n) is 6.65.